The van der Waals surface area contributed by atoms with Crippen LogP contribution in [0, 0.1) is 0 Å². The summed E-state index contributed by atoms with van der Waals surface area (Å²) in [7, 11) is 1.68. The normalized spacial score (nSPS) is 14.3. The summed E-state index contributed by atoms with van der Waals surface area (Å²) in [5.74, 6) is 0.852. The largest absolute Gasteiger partial charge is 0.495 e. The maximum Gasteiger partial charge on any atom is 0.273 e. The van der Waals surface area contributed by atoms with Gasteiger partial charge in [0, 0.05) is 49.5 Å². The quantitative estimate of drug-likeness (QED) is 0.696. The molecule has 1 aliphatic heterocycles. The number of piperazine rings is 1. The van der Waals surface area contributed by atoms with Crippen molar-refractivity contribution in [1.29, 1.82) is 0 Å². The van der Waals surface area contributed by atoms with Crippen molar-refractivity contribution in [3.63, 3.8) is 0 Å². The third-order valence-corrected chi connectivity index (χ3v) is 5.53. The summed E-state index contributed by atoms with van der Waals surface area (Å²) in [5.41, 5.74) is 2.56. The first-order chi connectivity index (χ1) is 13.3. The van der Waals surface area contributed by atoms with Gasteiger partial charge in [-0.1, -0.05) is 12.1 Å². The van der Waals surface area contributed by atoms with Gasteiger partial charge in [0.25, 0.3) is 5.91 Å². The third kappa shape index (κ3) is 3.64. The monoisotopic (exact) mass is 380 g/mol. The van der Waals surface area contributed by atoms with Gasteiger partial charge in [-0.05, 0) is 24.3 Å². The highest BCUT2D eigenvalue weighted by molar-refractivity contribution is 7.13. The minimum Gasteiger partial charge on any atom is -0.495 e. The Morgan fingerprint density at radius 3 is 2.56 bits per heavy atom. The molecular formula is C20H20N4O2S. The number of carbonyl (C=O) groups excluding carboxylic acids is 1. The SMILES string of the molecule is COc1ccccc1N1CCN(C(=O)c2csc(-c3ccncc3)n2)CC1. The molecule has 3 heterocycles. The van der Waals surface area contributed by atoms with Gasteiger partial charge in [-0.3, -0.25) is 9.78 Å². The molecule has 27 heavy (non-hydrogen) atoms. The second-order valence-electron chi connectivity index (χ2n) is 6.22. The van der Waals surface area contributed by atoms with Gasteiger partial charge in [-0.25, -0.2) is 4.98 Å². The van der Waals surface area contributed by atoms with Crippen molar-refractivity contribution >= 4 is 22.9 Å². The van der Waals surface area contributed by atoms with Crippen molar-refractivity contribution in [2.75, 3.05) is 38.2 Å². The minimum absolute atomic E-state index is 0.00812. The predicted molar refractivity (Wildman–Crippen MR) is 106 cm³/mol. The van der Waals surface area contributed by atoms with Crippen molar-refractivity contribution in [1.82, 2.24) is 14.9 Å². The lowest BCUT2D eigenvalue weighted by atomic mass is 10.2. The van der Waals surface area contributed by atoms with Crippen molar-refractivity contribution in [2.45, 2.75) is 0 Å². The lowest BCUT2D eigenvalue weighted by Gasteiger charge is -2.36. The number of anilines is 1. The van der Waals surface area contributed by atoms with Crippen LogP contribution in [0.5, 0.6) is 5.75 Å². The molecule has 1 amide bonds. The Hall–Kier alpha value is -2.93. The van der Waals surface area contributed by atoms with Crippen LogP contribution in [0.4, 0.5) is 5.69 Å². The summed E-state index contributed by atoms with van der Waals surface area (Å²) >= 11 is 1.48. The van der Waals surface area contributed by atoms with Crippen LogP contribution in [0.15, 0.2) is 54.2 Å². The Morgan fingerprint density at radius 1 is 1.07 bits per heavy atom. The van der Waals surface area contributed by atoms with Gasteiger partial charge in [0.1, 0.15) is 16.5 Å². The zero-order valence-electron chi connectivity index (χ0n) is 15.0. The second-order valence-corrected chi connectivity index (χ2v) is 7.08. The summed E-state index contributed by atoms with van der Waals surface area (Å²) < 4.78 is 5.45. The molecule has 0 radical (unpaired) electrons. The summed E-state index contributed by atoms with van der Waals surface area (Å²) in [5, 5.41) is 2.68. The number of thiazole rings is 1. The molecule has 1 saturated heterocycles. The number of pyridine rings is 1. The number of amides is 1. The van der Waals surface area contributed by atoms with Gasteiger partial charge >= 0.3 is 0 Å². The highest BCUT2D eigenvalue weighted by Crippen LogP contribution is 2.29. The summed E-state index contributed by atoms with van der Waals surface area (Å²) in [4.78, 5) is 25.5. The predicted octanol–water partition coefficient (Wildman–Crippen LogP) is 3.18. The number of methoxy groups -OCH3 is 1. The first kappa shape index (κ1) is 17.5. The number of rotatable bonds is 4. The van der Waals surface area contributed by atoms with E-state index in [1.165, 1.54) is 11.3 Å². The molecule has 0 bridgehead atoms. The average molecular weight is 380 g/mol. The van der Waals surface area contributed by atoms with Crippen LogP contribution in [-0.4, -0.2) is 54.1 Å². The molecule has 0 spiro atoms. The van der Waals surface area contributed by atoms with Gasteiger partial charge in [-0.2, -0.15) is 0 Å². The van der Waals surface area contributed by atoms with E-state index in [-0.39, 0.29) is 5.91 Å². The Labute approximate surface area is 162 Å². The summed E-state index contributed by atoms with van der Waals surface area (Å²) in [6, 6.07) is 11.8. The molecule has 1 aromatic carbocycles. The number of aromatic nitrogens is 2. The number of hydrogen-bond acceptors (Lipinski definition) is 6. The second kappa shape index (κ2) is 7.75. The molecule has 0 atom stereocenters. The number of nitrogens with zero attached hydrogens (tertiary/aromatic N) is 4. The number of benzene rings is 1. The first-order valence-electron chi connectivity index (χ1n) is 8.79. The lowest BCUT2D eigenvalue weighted by molar-refractivity contribution is 0.0741. The fraction of sp³-hybridized carbons (Fsp3) is 0.250. The summed E-state index contributed by atoms with van der Waals surface area (Å²) in [6.07, 6.45) is 3.46. The molecular weight excluding hydrogens is 360 g/mol. The van der Waals surface area contributed by atoms with E-state index in [1.54, 1.807) is 19.5 Å². The molecule has 0 saturated carbocycles. The number of hydrogen-bond donors (Lipinski definition) is 0. The number of carbonyl (C=O) groups is 1. The number of para-hydroxylation sites is 2. The average Bonchev–Trinajstić information content (AvgIpc) is 3.24. The Kier molecular flexibility index (Phi) is 5.02. The van der Waals surface area contributed by atoms with Gasteiger partial charge in [0.2, 0.25) is 0 Å². The van der Waals surface area contributed by atoms with Crippen molar-refractivity contribution in [3.05, 3.63) is 59.9 Å². The molecule has 2 aromatic heterocycles. The fourth-order valence-corrected chi connectivity index (χ4v) is 4.00. The van der Waals surface area contributed by atoms with E-state index in [1.807, 2.05) is 40.6 Å². The number of ether oxygens (including phenoxy) is 1. The lowest BCUT2D eigenvalue weighted by Crippen LogP contribution is -2.49. The Morgan fingerprint density at radius 2 is 1.81 bits per heavy atom. The van der Waals surface area contributed by atoms with E-state index in [2.05, 4.69) is 20.9 Å². The molecule has 0 unspecified atom stereocenters. The molecule has 4 rings (SSSR count). The molecule has 0 N–H and O–H groups in total. The maximum absolute atomic E-state index is 12.8. The van der Waals surface area contributed by atoms with Crippen LogP contribution in [0.2, 0.25) is 0 Å². The zero-order chi connectivity index (χ0) is 18.6. The zero-order valence-corrected chi connectivity index (χ0v) is 15.9. The maximum atomic E-state index is 12.8. The molecule has 7 heteroatoms. The van der Waals surface area contributed by atoms with Gasteiger partial charge < -0.3 is 14.5 Å². The van der Waals surface area contributed by atoms with E-state index in [9.17, 15) is 4.79 Å². The molecule has 138 valence electrons. The van der Waals surface area contributed by atoms with Crippen LogP contribution in [0.1, 0.15) is 10.5 Å². The standard InChI is InChI=1S/C20H20N4O2S/c1-26-18-5-3-2-4-17(18)23-10-12-24(13-11-23)20(25)16-14-27-19(22-16)15-6-8-21-9-7-15/h2-9,14H,10-13H2,1H3. The van der Waals surface area contributed by atoms with Gasteiger partial charge in [-0.15, -0.1) is 11.3 Å². The minimum atomic E-state index is -0.00812. The van der Waals surface area contributed by atoms with E-state index < -0.39 is 0 Å². The van der Waals surface area contributed by atoms with Crippen LogP contribution in [0.3, 0.4) is 0 Å². The van der Waals surface area contributed by atoms with Crippen LogP contribution < -0.4 is 9.64 Å². The van der Waals surface area contributed by atoms with Crippen LogP contribution >= 0.6 is 11.3 Å². The summed E-state index contributed by atoms with van der Waals surface area (Å²) in [6.45, 7) is 2.87. The smallest absolute Gasteiger partial charge is 0.273 e. The molecule has 6 nitrogen and oxygen atoms in total. The van der Waals surface area contributed by atoms with Crippen molar-refractivity contribution < 1.29 is 9.53 Å². The highest BCUT2D eigenvalue weighted by atomic mass is 32.1. The third-order valence-electron chi connectivity index (χ3n) is 4.64. The topological polar surface area (TPSA) is 58.6 Å². The Balaban J connectivity index is 1.43. The fourth-order valence-electron chi connectivity index (χ4n) is 3.20. The van der Waals surface area contributed by atoms with Gasteiger partial charge in [0.15, 0.2) is 0 Å². The highest BCUT2D eigenvalue weighted by Gasteiger charge is 2.25. The van der Waals surface area contributed by atoms with E-state index in [0.717, 1.165) is 35.1 Å². The van der Waals surface area contributed by atoms with Gasteiger partial charge in [0.05, 0.1) is 12.8 Å². The van der Waals surface area contributed by atoms with E-state index >= 15 is 0 Å². The first-order valence-corrected chi connectivity index (χ1v) is 9.67. The van der Waals surface area contributed by atoms with Crippen molar-refractivity contribution in [2.24, 2.45) is 0 Å². The van der Waals surface area contributed by atoms with Crippen LogP contribution in [-0.2, 0) is 0 Å². The van der Waals surface area contributed by atoms with Crippen molar-refractivity contribution in [3.8, 4) is 16.3 Å². The molecule has 0 aliphatic carbocycles. The molecule has 1 fully saturated rings. The molecule has 3 aromatic rings. The van der Waals surface area contributed by atoms with E-state index in [0.29, 0.717) is 18.8 Å². The Bertz CT molecular complexity index is 920. The van der Waals surface area contributed by atoms with Crippen LogP contribution in [0.25, 0.3) is 10.6 Å². The van der Waals surface area contributed by atoms with E-state index in [4.69, 9.17) is 4.74 Å². The molecule has 1 aliphatic rings.